The van der Waals surface area contributed by atoms with Crippen LogP contribution < -0.4 is 10.2 Å². The van der Waals surface area contributed by atoms with Crippen LogP contribution in [-0.2, 0) is 16.1 Å². The van der Waals surface area contributed by atoms with Crippen LogP contribution in [0.4, 0.5) is 5.69 Å². The molecule has 0 bridgehead atoms. The summed E-state index contributed by atoms with van der Waals surface area (Å²) in [6, 6.07) is 15.0. The average Bonchev–Trinajstić information content (AvgIpc) is 2.96. The van der Waals surface area contributed by atoms with E-state index in [0.717, 1.165) is 16.8 Å². The summed E-state index contributed by atoms with van der Waals surface area (Å²) >= 11 is 5.88. The third-order valence-electron chi connectivity index (χ3n) is 4.37. The molecule has 1 heterocycles. The van der Waals surface area contributed by atoms with Crippen LogP contribution in [0, 0.1) is 12.8 Å². The molecule has 4 nitrogen and oxygen atoms in total. The molecule has 0 radical (unpaired) electrons. The highest BCUT2D eigenvalue weighted by Crippen LogP contribution is 2.26. The molecule has 24 heavy (non-hydrogen) atoms. The van der Waals surface area contributed by atoms with E-state index in [-0.39, 0.29) is 11.8 Å². The van der Waals surface area contributed by atoms with E-state index in [4.69, 9.17) is 11.6 Å². The zero-order valence-electron chi connectivity index (χ0n) is 13.5. The molecule has 2 amide bonds. The Labute approximate surface area is 146 Å². The minimum atomic E-state index is -0.621. The van der Waals surface area contributed by atoms with E-state index < -0.39 is 5.92 Å². The molecule has 0 aliphatic carbocycles. The Hall–Kier alpha value is -2.33. The van der Waals surface area contributed by atoms with Gasteiger partial charge in [0.25, 0.3) is 0 Å². The fourth-order valence-electron chi connectivity index (χ4n) is 2.91. The normalized spacial score (nSPS) is 17.2. The maximum Gasteiger partial charge on any atom is 0.239 e. The van der Waals surface area contributed by atoms with Crippen molar-refractivity contribution >= 4 is 29.1 Å². The highest BCUT2D eigenvalue weighted by molar-refractivity contribution is 6.30. The van der Waals surface area contributed by atoms with Gasteiger partial charge in [0, 0.05) is 23.8 Å². The first-order valence-electron chi connectivity index (χ1n) is 7.95. The fraction of sp³-hybridized carbons (Fsp3) is 0.263. The number of halogens is 1. The van der Waals surface area contributed by atoms with Crippen molar-refractivity contribution in [3.8, 4) is 0 Å². The summed E-state index contributed by atoms with van der Waals surface area (Å²) in [5.74, 6) is -0.982. The van der Waals surface area contributed by atoms with Gasteiger partial charge in [0.2, 0.25) is 11.8 Å². The summed E-state index contributed by atoms with van der Waals surface area (Å²) in [6.45, 7) is 2.99. The van der Waals surface area contributed by atoms with Gasteiger partial charge in [-0.05, 0) is 48.7 Å². The number of rotatable bonds is 4. The number of nitrogens with zero attached hydrogens (tertiary/aromatic N) is 1. The maximum absolute atomic E-state index is 12.5. The molecule has 2 aromatic rings. The summed E-state index contributed by atoms with van der Waals surface area (Å²) in [6.07, 6.45) is 0.529. The van der Waals surface area contributed by atoms with Crippen LogP contribution in [0.2, 0.25) is 5.02 Å². The fourth-order valence-corrected chi connectivity index (χ4v) is 3.04. The highest BCUT2D eigenvalue weighted by atomic mass is 35.5. The topological polar surface area (TPSA) is 49.4 Å². The van der Waals surface area contributed by atoms with Gasteiger partial charge < -0.3 is 10.2 Å². The summed E-state index contributed by atoms with van der Waals surface area (Å²) < 4.78 is 0. The number of hydrogen-bond acceptors (Lipinski definition) is 2. The molecule has 0 saturated carbocycles. The molecule has 0 aromatic heterocycles. The summed E-state index contributed by atoms with van der Waals surface area (Å²) in [5, 5.41) is 3.51. The van der Waals surface area contributed by atoms with Gasteiger partial charge in [0.05, 0.1) is 0 Å². The number of hydrogen-bond donors (Lipinski definition) is 1. The molecule has 1 saturated heterocycles. The SMILES string of the molecule is Cc1ccccc1CNC(=O)C1CCN(c2ccc(Cl)cc2)C1=O. The zero-order chi connectivity index (χ0) is 17.1. The average molecular weight is 343 g/mol. The predicted molar refractivity (Wildman–Crippen MR) is 94.9 cm³/mol. The highest BCUT2D eigenvalue weighted by Gasteiger charge is 2.37. The maximum atomic E-state index is 12.5. The Morgan fingerprint density at radius 3 is 2.62 bits per heavy atom. The number of nitrogens with one attached hydrogen (secondary N) is 1. The first kappa shape index (κ1) is 16.5. The Kier molecular flexibility index (Phi) is 4.86. The molecule has 1 atom stereocenters. The molecule has 2 aromatic carbocycles. The molecule has 1 fully saturated rings. The second-order valence-electron chi connectivity index (χ2n) is 5.95. The van der Waals surface area contributed by atoms with E-state index in [9.17, 15) is 9.59 Å². The first-order valence-corrected chi connectivity index (χ1v) is 8.33. The summed E-state index contributed by atoms with van der Waals surface area (Å²) in [7, 11) is 0. The van der Waals surface area contributed by atoms with Crippen LogP contribution in [0.1, 0.15) is 17.5 Å². The van der Waals surface area contributed by atoms with E-state index in [0.29, 0.717) is 24.5 Å². The van der Waals surface area contributed by atoms with Crippen LogP contribution >= 0.6 is 11.6 Å². The van der Waals surface area contributed by atoms with Crippen molar-refractivity contribution in [2.45, 2.75) is 19.9 Å². The lowest BCUT2D eigenvalue weighted by Gasteiger charge is -2.17. The van der Waals surface area contributed by atoms with Crippen molar-refractivity contribution in [1.82, 2.24) is 5.32 Å². The monoisotopic (exact) mass is 342 g/mol. The van der Waals surface area contributed by atoms with Crippen molar-refractivity contribution in [2.75, 3.05) is 11.4 Å². The predicted octanol–water partition coefficient (Wildman–Crippen LogP) is 3.32. The van der Waals surface area contributed by atoms with E-state index >= 15 is 0 Å². The van der Waals surface area contributed by atoms with Crippen LogP contribution in [0.25, 0.3) is 0 Å². The Bertz CT molecular complexity index is 758. The third-order valence-corrected chi connectivity index (χ3v) is 4.63. The third kappa shape index (κ3) is 3.44. The van der Waals surface area contributed by atoms with E-state index in [1.807, 2.05) is 31.2 Å². The minimum Gasteiger partial charge on any atom is -0.351 e. The van der Waals surface area contributed by atoms with Crippen molar-refractivity contribution in [3.05, 3.63) is 64.7 Å². The molecule has 124 valence electrons. The largest absolute Gasteiger partial charge is 0.351 e. The molecule has 1 aliphatic rings. The van der Waals surface area contributed by atoms with Crippen molar-refractivity contribution in [2.24, 2.45) is 5.92 Å². The number of carbonyl (C=O) groups excluding carboxylic acids is 2. The number of aryl methyl sites for hydroxylation is 1. The van der Waals surface area contributed by atoms with Gasteiger partial charge in [-0.2, -0.15) is 0 Å². The van der Waals surface area contributed by atoms with Gasteiger partial charge in [-0.3, -0.25) is 9.59 Å². The molecular formula is C19H19ClN2O2. The minimum absolute atomic E-state index is 0.153. The van der Waals surface area contributed by atoms with Gasteiger partial charge in [-0.15, -0.1) is 0 Å². The molecule has 1 aliphatic heterocycles. The molecule has 0 spiro atoms. The number of benzene rings is 2. The summed E-state index contributed by atoms with van der Waals surface area (Å²) in [5.41, 5.74) is 2.96. The van der Waals surface area contributed by atoms with Gasteiger partial charge in [0.15, 0.2) is 0 Å². The first-order chi connectivity index (χ1) is 11.6. The van der Waals surface area contributed by atoms with Gasteiger partial charge in [-0.25, -0.2) is 0 Å². The van der Waals surface area contributed by atoms with Gasteiger partial charge >= 0.3 is 0 Å². The van der Waals surface area contributed by atoms with Crippen LogP contribution in [-0.4, -0.2) is 18.4 Å². The van der Waals surface area contributed by atoms with Gasteiger partial charge in [0.1, 0.15) is 5.92 Å². The number of anilines is 1. The number of carbonyl (C=O) groups is 2. The van der Waals surface area contributed by atoms with E-state index in [1.54, 1.807) is 29.2 Å². The second kappa shape index (κ2) is 7.05. The standard InChI is InChI=1S/C19H19ClN2O2/c1-13-4-2-3-5-14(13)12-21-18(23)17-10-11-22(19(17)24)16-8-6-15(20)7-9-16/h2-9,17H,10-12H2,1H3,(H,21,23). The van der Waals surface area contributed by atoms with Crippen LogP contribution in [0.5, 0.6) is 0 Å². The lowest BCUT2D eigenvalue weighted by atomic mass is 10.1. The van der Waals surface area contributed by atoms with Gasteiger partial charge in [-0.1, -0.05) is 35.9 Å². The smallest absolute Gasteiger partial charge is 0.239 e. The zero-order valence-corrected chi connectivity index (χ0v) is 14.2. The molecule has 5 heteroatoms. The lowest BCUT2D eigenvalue weighted by molar-refractivity contribution is -0.132. The van der Waals surface area contributed by atoms with Crippen molar-refractivity contribution < 1.29 is 9.59 Å². The van der Waals surface area contributed by atoms with Crippen LogP contribution in [0.3, 0.4) is 0 Å². The Morgan fingerprint density at radius 1 is 1.21 bits per heavy atom. The van der Waals surface area contributed by atoms with Crippen LogP contribution in [0.15, 0.2) is 48.5 Å². The van der Waals surface area contributed by atoms with Crippen molar-refractivity contribution in [1.29, 1.82) is 0 Å². The molecule has 3 rings (SSSR count). The second-order valence-corrected chi connectivity index (χ2v) is 6.39. The molecular weight excluding hydrogens is 324 g/mol. The van der Waals surface area contributed by atoms with Crippen molar-refractivity contribution in [3.63, 3.8) is 0 Å². The van der Waals surface area contributed by atoms with E-state index in [1.165, 1.54) is 0 Å². The Balaban J connectivity index is 1.63. The Morgan fingerprint density at radius 2 is 1.92 bits per heavy atom. The quantitative estimate of drug-likeness (QED) is 0.866. The number of amides is 2. The van der Waals surface area contributed by atoms with E-state index in [2.05, 4.69) is 5.32 Å². The molecule has 1 unspecified atom stereocenters. The molecule has 1 N–H and O–H groups in total. The summed E-state index contributed by atoms with van der Waals surface area (Å²) in [4.78, 5) is 26.6. The lowest BCUT2D eigenvalue weighted by Crippen LogP contribution is -2.36.